The number of carbonyl (C=O) groups is 1. The normalized spacial score (nSPS) is 11.6. The van der Waals surface area contributed by atoms with Crippen molar-refractivity contribution < 1.29 is 22.4 Å². The Bertz CT molecular complexity index is 1200. The van der Waals surface area contributed by atoms with Crippen LogP contribution < -0.4 is 10.5 Å². The molecule has 0 aliphatic carbocycles. The van der Waals surface area contributed by atoms with Crippen LogP contribution in [0.2, 0.25) is 0 Å². The molecule has 2 aromatic carbocycles. The molecule has 1 aromatic heterocycles. The van der Waals surface area contributed by atoms with Gasteiger partial charge in [0.25, 0.3) is 10.0 Å². The van der Waals surface area contributed by atoms with Gasteiger partial charge in [0, 0.05) is 6.07 Å². The molecule has 29 heavy (non-hydrogen) atoms. The Kier molecular flexibility index (Phi) is 5.78. The molecule has 3 aromatic rings. The second kappa shape index (κ2) is 8.12. The molecule has 1 N–H and O–H groups in total. The molecular formula is C20H22N2O6S. The average molecular weight is 418 g/mol. The third-order valence-electron chi connectivity index (χ3n) is 4.42. The van der Waals surface area contributed by atoms with E-state index in [1.807, 2.05) is 39.0 Å². The minimum Gasteiger partial charge on any atom is -0.464 e. The molecule has 154 valence electrons. The van der Waals surface area contributed by atoms with E-state index in [-0.39, 0.29) is 23.6 Å². The number of sulfonamides is 1. The lowest BCUT2D eigenvalue weighted by Gasteiger charge is -2.13. The van der Waals surface area contributed by atoms with Crippen LogP contribution in [0.3, 0.4) is 0 Å². The third-order valence-corrected chi connectivity index (χ3v) is 5.77. The smallest absolute Gasteiger partial charge is 0.420 e. The number of aryl methyl sites for hydroxylation is 2. The molecule has 9 heteroatoms. The summed E-state index contributed by atoms with van der Waals surface area (Å²) in [5, 5.41) is 0. The Morgan fingerprint density at radius 3 is 2.52 bits per heavy atom. The number of para-hydroxylation sites is 1. The molecule has 0 saturated carbocycles. The highest BCUT2D eigenvalue weighted by Gasteiger charge is 2.20. The maximum atomic E-state index is 12.8. The Balaban J connectivity index is 1.94. The van der Waals surface area contributed by atoms with Gasteiger partial charge in [0.2, 0.25) is 0 Å². The van der Waals surface area contributed by atoms with Crippen LogP contribution in [0.5, 0.6) is 0 Å². The van der Waals surface area contributed by atoms with Crippen LogP contribution in [0.4, 0.5) is 5.69 Å². The number of benzene rings is 2. The average Bonchev–Trinajstić information content (AvgIpc) is 2.98. The van der Waals surface area contributed by atoms with E-state index in [1.54, 1.807) is 0 Å². The van der Waals surface area contributed by atoms with Gasteiger partial charge in [-0.05, 0) is 43.5 Å². The van der Waals surface area contributed by atoms with Gasteiger partial charge in [-0.15, -0.1) is 0 Å². The van der Waals surface area contributed by atoms with Gasteiger partial charge in [-0.1, -0.05) is 25.1 Å². The van der Waals surface area contributed by atoms with Crippen molar-refractivity contribution in [1.29, 1.82) is 0 Å². The maximum Gasteiger partial charge on any atom is 0.420 e. The molecule has 0 unspecified atom stereocenters. The van der Waals surface area contributed by atoms with Crippen LogP contribution in [0, 0.1) is 13.8 Å². The zero-order valence-electron chi connectivity index (χ0n) is 16.4. The summed E-state index contributed by atoms with van der Waals surface area (Å²) in [6.07, 6.45) is 0.668. The van der Waals surface area contributed by atoms with Crippen LogP contribution >= 0.6 is 0 Å². The molecule has 0 aliphatic rings. The van der Waals surface area contributed by atoms with Gasteiger partial charge in [0.1, 0.15) is 6.54 Å². The lowest BCUT2D eigenvalue weighted by atomic mass is 10.1. The first-order valence-corrected chi connectivity index (χ1v) is 10.6. The van der Waals surface area contributed by atoms with Crippen molar-refractivity contribution in [3.8, 4) is 0 Å². The van der Waals surface area contributed by atoms with Gasteiger partial charge in [-0.2, -0.15) is 0 Å². The van der Waals surface area contributed by atoms with Crippen LogP contribution in [-0.4, -0.2) is 25.6 Å². The second-order valence-electron chi connectivity index (χ2n) is 6.68. The monoisotopic (exact) mass is 418 g/mol. The summed E-state index contributed by atoms with van der Waals surface area (Å²) in [6.45, 7) is 5.44. The van der Waals surface area contributed by atoms with Crippen molar-refractivity contribution in [2.45, 2.75) is 38.6 Å². The number of oxazole rings is 1. The number of hydrogen-bond acceptors (Lipinski definition) is 6. The lowest BCUT2D eigenvalue weighted by Crippen LogP contribution is -2.21. The van der Waals surface area contributed by atoms with Crippen molar-refractivity contribution >= 4 is 32.8 Å². The Morgan fingerprint density at radius 2 is 1.86 bits per heavy atom. The number of nitrogens with one attached hydrogen (secondary N) is 1. The van der Waals surface area contributed by atoms with Crippen LogP contribution in [0.15, 0.2) is 50.5 Å². The predicted octanol–water partition coefficient (Wildman–Crippen LogP) is 2.97. The van der Waals surface area contributed by atoms with E-state index in [2.05, 4.69) is 4.72 Å². The molecule has 0 aliphatic heterocycles. The molecule has 0 saturated heterocycles. The fraction of sp³-hybridized carbons (Fsp3) is 0.300. The quantitative estimate of drug-likeness (QED) is 0.591. The second-order valence-corrected chi connectivity index (χ2v) is 8.36. The van der Waals surface area contributed by atoms with Gasteiger partial charge < -0.3 is 9.15 Å². The summed E-state index contributed by atoms with van der Waals surface area (Å²) in [6, 6.07) is 9.53. The number of hydrogen-bond donors (Lipinski definition) is 1. The molecule has 0 amide bonds. The summed E-state index contributed by atoms with van der Waals surface area (Å²) in [4.78, 5) is 23.9. The zero-order valence-corrected chi connectivity index (χ0v) is 17.2. The van der Waals surface area contributed by atoms with Crippen molar-refractivity contribution in [2.24, 2.45) is 0 Å². The number of rotatable bonds is 7. The Morgan fingerprint density at radius 1 is 1.17 bits per heavy atom. The fourth-order valence-electron chi connectivity index (χ4n) is 2.92. The van der Waals surface area contributed by atoms with E-state index >= 15 is 0 Å². The summed E-state index contributed by atoms with van der Waals surface area (Å²) in [7, 11) is -3.90. The molecule has 0 bridgehead atoms. The number of anilines is 1. The van der Waals surface area contributed by atoms with Crippen molar-refractivity contribution in [1.82, 2.24) is 4.57 Å². The Labute approximate surface area is 168 Å². The largest absolute Gasteiger partial charge is 0.464 e. The van der Waals surface area contributed by atoms with E-state index in [0.717, 1.165) is 15.7 Å². The van der Waals surface area contributed by atoms with E-state index in [9.17, 15) is 18.0 Å². The van der Waals surface area contributed by atoms with E-state index in [1.165, 1.54) is 18.2 Å². The van der Waals surface area contributed by atoms with Crippen LogP contribution in [-0.2, 0) is 26.1 Å². The van der Waals surface area contributed by atoms with Crippen molar-refractivity contribution in [2.75, 3.05) is 11.3 Å². The van der Waals surface area contributed by atoms with Gasteiger partial charge in [-0.25, -0.2) is 13.2 Å². The molecule has 0 radical (unpaired) electrons. The third kappa shape index (κ3) is 4.34. The van der Waals surface area contributed by atoms with E-state index in [0.29, 0.717) is 17.6 Å². The predicted molar refractivity (Wildman–Crippen MR) is 108 cm³/mol. The first kappa shape index (κ1) is 20.7. The Hall–Kier alpha value is -3.07. The lowest BCUT2D eigenvalue weighted by molar-refractivity contribution is -0.144. The van der Waals surface area contributed by atoms with E-state index in [4.69, 9.17) is 9.15 Å². The molecule has 0 atom stereocenters. The summed E-state index contributed by atoms with van der Waals surface area (Å²) < 4.78 is 39.5. The molecule has 1 heterocycles. The molecule has 0 fully saturated rings. The van der Waals surface area contributed by atoms with Gasteiger partial charge >= 0.3 is 11.7 Å². The van der Waals surface area contributed by atoms with Crippen LogP contribution in [0.1, 0.15) is 24.5 Å². The number of nitrogens with zero attached hydrogens (tertiary/aromatic N) is 1. The minimum absolute atomic E-state index is 0.0536. The molecule has 8 nitrogen and oxygen atoms in total. The van der Waals surface area contributed by atoms with Crippen molar-refractivity contribution in [3.05, 3.63) is 58.1 Å². The number of carbonyl (C=O) groups excluding carboxylic acids is 1. The number of aromatic nitrogens is 1. The van der Waals surface area contributed by atoms with Gasteiger partial charge in [0.15, 0.2) is 5.58 Å². The topological polar surface area (TPSA) is 108 Å². The van der Waals surface area contributed by atoms with Gasteiger partial charge in [-0.3, -0.25) is 14.1 Å². The highest BCUT2D eigenvalue weighted by molar-refractivity contribution is 7.92. The van der Waals surface area contributed by atoms with Crippen LogP contribution in [0.25, 0.3) is 11.1 Å². The number of fused-ring (bicyclic) bond motifs is 1. The summed E-state index contributed by atoms with van der Waals surface area (Å²) in [5.41, 5.74) is 2.47. The van der Waals surface area contributed by atoms with E-state index < -0.39 is 21.7 Å². The number of ether oxygens (including phenoxy) is 1. The summed E-state index contributed by atoms with van der Waals surface area (Å²) >= 11 is 0. The first-order chi connectivity index (χ1) is 13.7. The fourth-order valence-corrected chi connectivity index (χ4v) is 4.14. The molecule has 0 spiro atoms. The maximum absolute atomic E-state index is 12.8. The highest BCUT2D eigenvalue weighted by Crippen LogP contribution is 2.25. The first-order valence-electron chi connectivity index (χ1n) is 9.11. The standard InChI is InChI=1S/C20H22N2O6S/c1-4-10-27-18(23)12-22-16-9-8-15(11-17(16)28-20(22)24)29(25,26)21-19-13(2)6-5-7-14(19)3/h5-9,11,21H,4,10,12H2,1-3H3. The van der Waals surface area contributed by atoms with Gasteiger partial charge in [0.05, 0.1) is 22.7 Å². The number of esters is 1. The zero-order chi connectivity index (χ0) is 21.2. The molecule has 3 rings (SSSR count). The minimum atomic E-state index is -3.90. The SMILES string of the molecule is CCCOC(=O)Cn1c(=O)oc2cc(S(=O)(=O)Nc3c(C)cccc3C)ccc21. The van der Waals surface area contributed by atoms with Crippen molar-refractivity contribution in [3.63, 3.8) is 0 Å². The molecular weight excluding hydrogens is 396 g/mol. The highest BCUT2D eigenvalue weighted by atomic mass is 32.2. The summed E-state index contributed by atoms with van der Waals surface area (Å²) in [5.74, 6) is -1.32.